The lowest BCUT2D eigenvalue weighted by Crippen LogP contribution is -2.40. The van der Waals surface area contributed by atoms with Crippen LogP contribution in [0.5, 0.6) is 5.75 Å². The molecular formula is C22H31N3O3S. The molecule has 0 atom stereocenters. The number of amides is 1. The summed E-state index contributed by atoms with van der Waals surface area (Å²) in [5, 5.41) is 0.812. The van der Waals surface area contributed by atoms with Gasteiger partial charge in [-0.1, -0.05) is 30.2 Å². The molecule has 7 heteroatoms. The molecule has 0 N–H and O–H groups in total. The molecule has 0 spiro atoms. The number of morpholine rings is 1. The van der Waals surface area contributed by atoms with Gasteiger partial charge in [-0.15, -0.1) is 0 Å². The quantitative estimate of drug-likeness (QED) is 0.685. The van der Waals surface area contributed by atoms with Gasteiger partial charge in [0.1, 0.15) is 11.3 Å². The van der Waals surface area contributed by atoms with Gasteiger partial charge in [0.05, 0.1) is 25.0 Å². The molecule has 0 unspecified atom stereocenters. The van der Waals surface area contributed by atoms with Crippen LogP contribution in [0.4, 0.5) is 5.13 Å². The van der Waals surface area contributed by atoms with Crippen molar-refractivity contribution in [1.82, 2.24) is 9.88 Å². The molecule has 1 saturated carbocycles. The molecule has 2 aliphatic rings. The van der Waals surface area contributed by atoms with E-state index in [1.165, 1.54) is 5.56 Å². The third-order valence-electron chi connectivity index (χ3n) is 6.07. The highest BCUT2D eigenvalue weighted by molar-refractivity contribution is 7.22. The van der Waals surface area contributed by atoms with Crippen LogP contribution in [0.2, 0.25) is 0 Å². The zero-order chi connectivity index (χ0) is 20.2. The van der Waals surface area contributed by atoms with Gasteiger partial charge >= 0.3 is 0 Å². The zero-order valence-corrected chi connectivity index (χ0v) is 18.3. The number of rotatable bonds is 7. The summed E-state index contributed by atoms with van der Waals surface area (Å²) in [6, 6.07) is 4.02. The Kier molecular flexibility index (Phi) is 6.67. The molecule has 1 aromatic heterocycles. The lowest BCUT2D eigenvalue weighted by molar-refractivity contribution is -0.122. The Hall–Kier alpha value is -1.70. The maximum atomic E-state index is 13.4. The van der Waals surface area contributed by atoms with E-state index in [9.17, 15) is 4.79 Å². The van der Waals surface area contributed by atoms with E-state index in [-0.39, 0.29) is 11.8 Å². The first-order valence-corrected chi connectivity index (χ1v) is 11.5. The largest absolute Gasteiger partial charge is 0.494 e. The first-order valence-electron chi connectivity index (χ1n) is 10.7. The molecular weight excluding hydrogens is 386 g/mol. The Morgan fingerprint density at radius 2 is 2.07 bits per heavy atom. The molecule has 1 amide bonds. The lowest BCUT2D eigenvalue weighted by Gasteiger charge is -2.28. The summed E-state index contributed by atoms with van der Waals surface area (Å²) in [7, 11) is 1.67. The van der Waals surface area contributed by atoms with Gasteiger partial charge in [-0.25, -0.2) is 4.98 Å². The molecule has 2 fully saturated rings. The van der Waals surface area contributed by atoms with Crippen molar-refractivity contribution in [3.05, 3.63) is 17.7 Å². The number of hydrogen-bond acceptors (Lipinski definition) is 6. The summed E-state index contributed by atoms with van der Waals surface area (Å²) in [6.07, 6.45) is 5.28. The highest BCUT2D eigenvalue weighted by Gasteiger charge is 2.30. The lowest BCUT2D eigenvalue weighted by atomic mass is 10.1. The third-order valence-corrected chi connectivity index (χ3v) is 7.29. The van der Waals surface area contributed by atoms with Crippen molar-refractivity contribution in [2.75, 3.05) is 51.4 Å². The van der Waals surface area contributed by atoms with Crippen LogP contribution >= 0.6 is 11.3 Å². The molecule has 2 heterocycles. The number of ether oxygens (including phenoxy) is 2. The van der Waals surface area contributed by atoms with Crippen molar-refractivity contribution in [3.8, 4) is 5.75 Å². The van der Waals surface area contributed by atoms with Crippen molar-refractivity contribution in [2.24, 2.45) is 5.92 Å². The summed E-state index contributed by atoms with van der Waals surface area (Å²) in [6.45, 7) is 7.37. The smallest absolute Gasteiger partial charge is 0.231 e. The summed E-state index contributed by atoms with van der Waals surface area (Å²) in [4.78, 5) is 22.6. The van der Waals surface area contributed by atoms with Crippen LogP contribution in [0, 0.1) is 12.8 Å². The highest BCUT2D eigenvalue weighted by atomic mass is 32.1. The number of nitrogens with zero attached hydrogens (tertiary/aromatic N) is 3. The molecule has 1 aliphatic carbocycles. The predicted octanol–water partition coefficient (Wildman–Crippen LogP) is 3.86. The maximum absolute atomic E-state index is 13.4. The molecule has 4 rings (SSSR count). The van der Waals surface area contributed by atoms with Gasteiger partial charge in [0.25, 0.3) is 0 Å². The molecule has 158 valence electrons. The number of aromatic nitrogens is 1. The molecule has 6 nitrogen and oxygen atoms in total. The van der Waals surface area contributed by atoms with Crippen molar-refractivity contribution in [3.63, 3.8) is 0 Å². The van der Waals surface area contributed by atoms with E-state index < -0.39 is 0 Å². The number of aryl methyl sites for hydroxylation is 1. The van der Waals surface area contributed by atoms with Crippen molar-refractivity contribution in [2.45, 2.75) is 39.0 Å². The zero-order valence-electron chi connectivity index (χ0n) is 17.5. The fraction of sp³-hybridized carbons (Fsp3) is 0.636. The molecule has 2 aromatic rings. The van der Waals surface area contributed by atoms with Gasteiger partial charge in [-0.05, 0) is 37.8 Å². The minimum absolute atomic E-state index is 0.147. The average molecular weight is 418 g/mol. The first-order chi connectivity index (χ1) is 14.2. The minimum Gasteiger partial charge on any atom is -0.494 e. The Bertz CT molecular complexity index is 841. The Morgan fingerprint density at radius 3 is 2.79 bits per heavy atom. The fourth-order valence-corrected chi connectivity index (χ4v) is 5.43. The summed E-state index contributed by atoms with van der Waals surface area (Å²) < 4.78 is 12.1. The molecule has 29 heavy (non-hydrogen) atoms. The number of benzene rings is 1. The maximum Gasteiger partial charge on any atom is 0.231 e. The predicted molar refractivity (Wildman–Crippen MR) is 117 cm³/mol. The second-order valence-corrected chi connectivity index (χ2v) is 9.02. The Labute approximate surface area is 176 Å². The normalized spacial score (nSPS) is 18.4. The summed E-state index contributed by atoms with van der Waals surface area (Å²) in [5.74, 6) is 1.17. The van der Waals surface area contributed by atoms with Gasteiger partial charge in [-0.3, -0.25) is 14.6 Å². The molecule has 1 aromatic carbocycles. The Balaban J connectivity index is 1.56. The second kappa shape index (κ2) is 9.41. The van der Waals surface area contributed by atoms with Crippen LogP contribution in [0.3, 0.4) is 0 Å². The van der Waals surface area contributed by atoms with Crippen molar-refractivity contribution < 1.29 is 14.3 Å². The van der Waals surface area contributed by atoms with E-state index in [2.05, 4.69) is 17.9 Å². The second-order valence-electron chi connectivity index (χ2n) is 8.04. The van der Waals surface area contributed by atoms with E-state index in [1.54, 1.807) is 18.4 Å². The standard InChI is InChI=1S/C22H31N3O3S/c1-16-8-9-18(27-2)19-20(16)29-22(23-19)25(21(26)17-6-3-4-7-17)11-5-10-24-12-14-28-15-13-24/h8-9,17H,3-7,10-15H2,1-2H3. The van der Waals surface area contributed by atoms with E-state index in [1.807, 2.05) is 11.0 Å². The number of methoxy groups -OCH3 is 1. The molecule has 0 radical (unpaired) electrons. The van der Waals surface area contributed by atoms with Crippen molar-refractivity contribution >= 4 is 32.6 Å². The number of carbonyl (C=O) groups excluding carboxylic acids is 1. The van der Waals surface area contributed by atoms with Crippen LogP contribution < -0.4 is 9.64 Å². The van der Waals surface area contributed by atoms with Gasteiger partial charge in [0.2, 0.25) is 5.91 Å². The van der Waals surface area contributed by atoms with Crippen LogP contribution in [-0.4, -0.2) is 62.3 Å². The van der Waals surface area contributed by atoms with E-state index >= 15 is 0 Å². The first kappa shape index (κ1) is 20.6. The van der Waals surface area contributed by atoms with Crippen molar-refractivity contribution in [1.29, 1.82) is 0 Å². The molecule has 0 bridgehead atoms. The van der Waals surface area contributed by atoms with Crippen LogP contribution in [0.25, 0.3) is 10.2 Å². The average Bonchev–Trinajstić information content (AvgIpc) is 3.43. The van der Waals surface area contributed by atoms with Gasteiger partial charge in [-0.2, -0.15) is 0 Å². The summed E-state index contributed by atoms with van der Waals surface area (Å²) >= 11 is 1.62. The molecule has 1 aliphatic heterocycles. The minimum atomic E-state index is 0.147. The highest BCUT2D eigenvalue weighted by Crippen LogP contribution is 2.38. The van der Waals surface area contributed by atoms with Gasteiger partial charge < -0.3 is 9.47 Å². The topological polar surface area (TPSA) is 54.9 Å². The number of fused-ring (bicyclic) bond motifs is 1. The molecule has 1 saturated heterocycles. The van der Waals surface area contributed by atoms with Crippen LogP contribution in [0.1, 0.15) is 37.7 Å². The van der Waals surface area contributed by atoms with E-state index in [4.69, 9.17) is 14.5 Å². The van der Waals surface area contributed by atoms with Crippen LogP contribution in [-0.2, 0) is 9.53 Å². The SMILES string of the molecule is COc1ccc(C)c2sc(N(CCCN3CCOCC3)C(=O)C3CCCC3)nc12. The third kappa shape index (κ3) is 4.57. The van der Waals surface area contributed by atoms with Gasteiger partial charge in [0.15, 0.2) is 5.13 Å². The summed E-state index contributed by atoms with van der Waals surface area (Å²) in [5.41, 5.74) is 2.04. The van der Waals surface area contributed by atoms with Gasteiger partial charge in [0, 0.05) is 32.1 Å². The van der Waals surface area contributed by atoms with E-state index in [0.29, 0.717) is 6.54 Å². The number of anilines is 1. The number of thiazole rings is 1. The Morgan fingerprint density at radius 1 is 1.31 bits per heavy atom. The fourth-order valence-electron chi connectivity index (χ4n) is 4.35. The monoisotopic (exact) mass is 417 g/mol. The van der Waals surface area contributed by atoms with E-state index in [0.717, 1.165) is 86.0 Å². The van der Waals surface area contributed by atoms with Crippen LogP contribution in [0.15, 0.2) is 12.1 Å². The number of hydrogen-bond donors (Lipinski definition) is 0. The number of carbonyl (C=O) groups is 1.